The highest BCUT2D eigenvalue weighted by Gasteiger charge is 2.21. The van der Waals surface area contributed by atoms with Gasteiger partial charge < -0.3 is 14.6 Å². The van der Waals surface area contributed by atoms with Crippen molar-refractivity contribution in [2.45, 2.75) is 26.2 Å². The van der Waals surface area contributed by atoms with Crippen LogP contribution in [0.4, 0.5) is 5.82 Å². The number of ether oxygens (including phenoxy) is 1. The van der Waals surface area contributed by atoms with E-state index in [4.69, 9.17) is 9.26 Å². The summed E-state index contributed by atoms with van der Waals surface area (Å²) in [6.07, 6.45) is 0. The highest BCUT2D eigenvalue weighted by Crippen LogP contribution is 2.27. The number of nitrogens with one attached hydrogen (secondary N) is 1. The van der Waals surface area contributed by atoms with Crippen molar-refractivity contribution in [3.8, 4) is 16.3 Å². The van der Waals surface area contributed by atoms with Crippen molar-refractivity contribution in [2.24, 2.45) is 0 Å². The van der Waals surface area contributed by atoms with Crippen LogP contribution in [0.3, 0.4) is 0 Å². The molecule has 2 aromatic heterocycles. The summed E-state index contributed by atoms with van der Waals surface area (Å²) >= 11 is 1.41. The predicted molar refractivity (Wildman–Crippen MR) is 97.3 cm³/mol. The van der Waals surface area contributed by atoms with Crippen LogP contribution >= 0.6 is 11.3 Å². The largest absolute Gasteiger partial charge is 0.497 e. The second-order valence-corrected chi connectivity index (χ2v) is 7.41. The Morgan fingerprint density at radius 3 is 2.56 bits per heavy atom. The van der Waals surface area contributed by atoms with Crippen molar-refractivity contribution in [1.82, 2.24) is 10.1 Å². The summed E-state index contributed by atoms with van der Waals surface area (Å²) in [6, 6.07) is 9.27. The number of amides is 1. The summed E-state index contributed by atoms with van der Waals surface area (Å²) in [4.78, 5) is 16.7. The van der Waals surface area contributed by atoms with E-state index in [1.54, 1.807) is 18.6 Å². The van der Waals surface area contributed by atoms with Gasteiger partial charge in [0, 0.05) is 22.4 Å². The number of carbonyl (C=O) groups is 1. The maximum absolute atomic E-state index is 12.3. The molecule has 130 valence electrons. The van der Waals surface area contributed by atoms with Gasteiger partial charge >= 0.3 is 0 Å². The molecule has 0 aliphatic heterocycles. The molecule has 1 N–H and O–H groups in total. The van der Waals surface area contributed by atoms with Gasteiger partial charge in [0.15, 0.2) is 5.82 Å². The molecule has 0 spiro atoms. The summed E-state index contributed by atoms with van der Waals surface area (Å²) in [7, 11) is 1.62. The van der Waals surface area contributed by atoms with Crippen LogP contribution in [0.5, 0.6) is 5.75 Å². The van der Waals surface area contributed by atoms with Gasteiger partial charge in [-0.3, -0.25) is 4.79 Å². The van der Waals surface area contributed by atoms with Crippen LogP contribution in [-0.2, 0) is 5.41 Å². The molecule has 3 rings (SSSR count). The third-order valence-electron chi connectivity index (χ3n) is 3.56. The second-order valence-electron chi connectivity index (χ2n) is 6.55. The number of methoxy groups -OCH3 is 1. The number of anilines is 1. The Bertz CT molecular complexity index is 876. The molecule has 7 heteroatoms. The number of hydrogen-bond donors (Lipinski definition) is 1. The van der Waals surface area contributed by atoms with Crippen LogP contribution in [0.15, 0.2) is 40.2 Å². The van der Waals surface area contributed by atoms with Gasteiger partial charge in [-0.05, 0) is 24.3 Å². The van der Waals surface area contributed by atoms with E-state index in [0.717, 1.165) is 16.3 Å². The fraction of sp³-hybridized carbons (Fsp3) is 0.278. The van der Waals surface area contributed by atoms with E-state index < -0.39 is 0 Å². The lowest BCUT2D eigenvalue weighted by Gasteiger charge is -2.11. The topological polar surface area (TPSA) is 77.2 Å². The Hall–Kier alpha value is -2.67. The first kappa shape index (κ1) is 17.2. The van der Waals surface area contributed by atoms with Gasteiger partial charge in [-0.1, -0.05) is 25.9 Å². The Morgan fingerprint density at radius 1 is 1.24 bits per heavy atom. The Kier molecular flexibility index (Phi) is 4.59. The molecule has 0 aliphatic rings. The molecule has 0 atom stereocenters. The van der Waals surface area contributed by atoms with E-state index in [0.29, 0.717) is 17.3 Å². The maximum Gasteiger partial charge on any atom is 0.276 e. The molecule has 2 heterocycles. The van der Waals surface area contributed by atoms with E-state index in [-0.39, 0.29) is 11.3 Å². The van der Waals surface area contributed by atoms with Gasteiger partial charge in [0.25, 0.3) is 5.91 Å². The van der Waals surface area contributed by atoms with E-state index in [2.05, 4.69) is 15.5 Å². The van der Waals surface area contributed by atoms with Gasteiger partial charge in [-0.25, -0.2) is 4.98 Å². The lowest BCUT2D eigenvalue weighted by atomic mass is 9.93. The SMILES string of the molecule is COc1ccc(-c2nc(C(=O)Nc3cc(C(C)(C)C)on3)cs2)cc1. The third-order valence-corrected chi connectivity index (χ3v) is 4.46. The molecule has 0 unspecified atom stereocenters. The molecule has 0 aliphatic carbocycles. The van der Waals surface area contributed by atoms with Crippen molar-refractivity contribution >= 4 is 23.1 Å². The van der Waals surface area contributed by atoms with Crippen molar-refractivity contribution in [3.63, 3.8) is 0 Å². The normalized spacial score (nSPS) is 11.4. The van der Waals surface area contributed by atoms with Crippen LogP contribution in [0.1, 0.15) is 37.0 Å². The highest BCUT2D eigenvalue weighted by molar-refractivity contribution is 7.13. The fourth-order valence-corrected chi connectivity index (χ4v) is 2.92. The molecule has 3 aromatic rings. The molecular formula is C18H19N3O3S. The third kappa shape index (κ3) is 3.88. The monoisotopic (exact) mass is 357 g/mol. The maximum atomic E-state index is 12.3. The van der Waals surface area contributed by atoms with E-state index >= 15 is 0 Å². The first-order valence-corrected chi connectivity index (χ1v) is 8.63. The Balaban J connectivity index is 1.73. The van der Waals surface area contributed by atoms with Gasteiger partial charge in [-0.2, -0.15) is 0 Å². The molecule has 0 fully saturated rings. The highest BCUT2D eigenvalue weighted by atomic mass is 32.1. The summed E-state index contributed by atoms with van der Waals surface area (Å²) in [5.41, 5.74) is 1.11. The first-order valence-electron chi connectivity index (χ1n) is 7.75. The second kappa shape index (κ2) is 6.68. The number of aromatic nitrogens is 2. The summed E-state index contributed by atoms with van der Waals surface area (Å²) in [5, 5.41) is 9.09. The van der Waals surface area contributed by atoms with Crippen molar-refractivity contribution in [2.75, 3.05) is 12.4 Å². The van der Waals surface area contributed by atoms with Gasteiger partial charge in [0.2, 0.25) is 0 Å². The van der Waals surface area contributed by atoms with Crippen molar-refractivity contribution in [3.05, 3.63) is 47.2 Å². The Labute approximate surface area is 149 Å². The van der Waals surface area contributed by atoms with E-state index in [1.807, 2.05) is 45.0 Å². The van der Waals surface area contributed by atoms with Crippen LogP contribution in [-0.4, -0.2) is 23.2 Å². The predicted octanol–water partition coefficient (Wildman–Crippen LogP) is 4.36. The lowest BCUT2D eigenvalue weighted by Crippen LogP contribution is -2.13. The molecule has 0 radical (unpaired) electrons. The minimum atomic E-state index is -0.315. The summed E-state index contributed by atoms with van der Waals surface area (Å²) < 4.78 is 10.4. The fourth-order valence-electron chi connectivity index (χ4n) is 2.11. The van der Waals surface area contributed by atoms with Crippen LogP contribution in [0.2, 0.25) is 0 Å². The summed E-state index contributed by atoms with van der Waals surface area (Å²) in [6.45, 7) is 6.04. The minimum Gasteiger partial charge on any atom is -0.497 e. The summed E-state index contributed by atoms with van der Waals surface area (Å²) in [5.74, 6) is 1.55. The van der Waals surface area contributed by atoms with Crippen molar-refractivity contribution < 1.29 is 14.1 Å². The van der Waals surface area contributed by atoms with E-state index in [9.17, 15) is 4.79 Å². The molecule has 6 nitrogen and oxygen atoms in total. The molecule has 0 saturated carbocycles. The average Bonchev–Trinajstić information content (AvgIpc) is 3.24. The molecule has 1 aromatic carbocycles. The minimum absolute atomic E-state index is 0.169. The standard InChI is InChI=1S/C18H19N3O3S/c1-18(2,3)14-9-15(21-24-14)20-16(22)13-10-25-17(19-13)11-5-7-12(23-4)8-6-11/h5-10H,1-4H3,(H,20,21,22). The van der Waals surface area contributed by atoms with Gasteiger partial charge in [-0.15, -0.1) is 11.3 Å². The molecule has 1 amide bonds. The van der Waals surface area contributed by atoms with Crippen molar-refractivity contribution in [1.29, 1.82) is 0 Å². The zero-order valence-corrected chi connectivity index (χ0v) is 15.3. The van der Waals surface area contributed by atoms with Gasteiger partial charge in [0.05, 0.1) is 7.11 Å². The molecule has 0 bridgehead atoms. The van der Waals surface area contributed by atoms with Crippen LogP contribution < -0.4 is 10.1 Å². The quantitative estimate of drug-likeness (QED) is 0.751. The van der Waals surface area contributed by atoms with Gasteiger partial charge in [0.1, 0.15) is 22.2 Å². The number of benzene rings is 1. The average molecular weight is 357 g/mol. The smallest absolute Gasteiger partial charge is 0.276 e. The number of carbonyl (C=O) groups excluding carboxylic acids is 1. The molecule has 0 saturated heterocycles. The van der Waals surface area contributed by atoms with Crippen LogP contribution in [0.25, 0.3) is 10.6 Å². The number of nitrogens with zero attached hydrogens (tertiary/aromatic N) is 2. The number of hydrogen-bond acceptors (Lipinski definition) is 6. The lowest BCUT2D eigenvalue weighted by molar-refractivity contribution is 0.102. The zero-order valence-electron chi connectivity index (χ0n) is 14.5. The number of thiazole rings is 1. The first-order chi connectivity index (χ1) is 11.9. The Morgan fingerprint density at radius 2 is 1.96 bits per heavy atom. The molecular weight excluding hydrogens is 338 g/mol. The molecule has 25 heavy (non-hydrogen) atoms. The number of rotatable bonds is 4. The zero-order chi connectivity index (χ0) is 18.0. The van der Waals surface area contributed by atoms with E-state index in [1.165, 1.54) is 11.3 Å². The van der Waals surface area contributed by atoms with Crippen LogP contribution in [0, 0.1) is 0 Å².